The van der Waals surface area contributed by atoms with E-state index in [0.717, 1.165) is 11.3 Å². The van der Waals surface area contributed by atoms with Crippen LogP contribution in [0.4, 0.5) is 5.69 Å². The number of fused-ring (bicyclic) bond motifs is 1. The zero-order chi connectivity index (χ0) is 20.9. The molecule has 1 aliphatic rings. The Morgan fingerprint density at radius 3 is 2.80 bits per heavy atom. The maximum Gasteiger partial charge on any atom is 0.265 e. The number of carbonyl (C=O) groups is 2. The molecule has 4 rings (SSSR count). The molecule has 0 saturated heterocycles. The zero-order valence-corrected chi connectivity index (χ0v) is 17.4. The average molecular weight is 423 g/mol. The number of hydrogen-bond donors (Lipinski definition) is 1. The lowest BCUT2D eigenvalue weighted by Crippen LogP contribution is -2.40. The Kier molecular flexibility index (Phi) is 5.99. The average Bonchev–Trinajstić information content (AvgIpc) is 3.26. The van der Waals surface area contributed by atoms with Gasteiger partial charge in [-0.25, -0.2) is 0 Å². The van der Waals surface area contributed by atoms with Gasteiger partial charge in [-0.05, 0) is 48.7 Å². The summed E-state index contributed by atoms with van der Waals surface area (Å²) >= 11 is 1.39. The fraction of sp³-hybridized carbons (Fsp3) is 0.217. The number of amides is 2. The molecular formula is C23H22N2O4S. The third-order valence-corrected chi connectivity index (χ3v) is 5.63. The minimum atomic E-state index is -0.588. The van der Waals surface area contributed by atoms with Gasteiger partial charge in [0.1, 0.15) is 18.1 Å². The highest BCUT2D eigenvalue weighted by Gasteiger charge is 2.28. The molecule has 6 nitrogen and oxygen atoms in total. The molecule has 2 aromatic carbocycles. The first-order valence-electron chi connectivity index (χ1n) is 9.71. The predicted octanol–water partition coefficient (Wildman–Crippen LogP) is 4.19. The van der Waals surface area contributed by atoms with E-state index in [4.69, 9.17) is 9.47 Å². The van der Waals surface area contributed by atoms with E-state index in [1.54, 1.807) is 30.0 Å². The van der Waals surface area contributed by atoms with Crippen LogP contribution < -0.4 is 14.8 Å². The Morgan fingerprint density at radius 2 is 2.03 bits per heavy atom. The highest BCUT2D eigenvalue weighted by atomic mass is 32.1. The van der Waals surface area contributed by atoms with Gasteiger partial charge in [-0.1, -0.05) is 24.3 Å². The molecule has 1 aromatic heterocycles. The summed E-state index contributed by atoms with van der Waals surface area (Å²) in [5, 5.41) is 4.77. The van der Waals surface area contributed by atoms with Gasteiger partial charge in [-0.15, -0.1) is 11.3 Å². The van der Waals surface area contributed by atoms with Crippen molar-refractivity contribution < 1.29 is 19.1 Å². The molecule has 1 aliphatic heterocycles. The van der Waals surface area contributed by atoms with Crippen LogP contribution in [0, 0.1) is 0 Å². The summed E-state index contributed by atoms with van der Waals surface area (Å²) < 4.78 is 11.6. The van der Waals surface area contributed by atoms with Gasteiger partial charge in [0.2, 0.25) is 0 Å². The van der Waals surface area contributed by atoms with Gasteiger partial charge < -0.3 is 19.7 Å². The lowest BCUT2D eigenvalue weighted by atomic mass is 10.1. The Balaban J connectivity index is 1.46. The minimum absolute atomic E-state index is 0.0907. The van der Waals surface area contributed by atoms with Gasteiger partial charge in [-0.3, -0.25) is 9.59 Å². The van der Waals surface area contributed by atoms with E-state index in [-0.39, 0.29) is 11.8 Å². The molecule has 3 aromatic rings. The molecule has 1 atom stereocenters. The summed E-state index contributed by atoms with van der Waals surface area (Å²) in [4.78, 5) is 27.5. The van der Waals surface area contributed by atoms with E-state index in [1.807, 2.05) is 47.8 Å². The van der Waals surface area contributed by atoms with Gasteiger partial charge in [0.25, 0.3) is 11.8 Å². The van der Waals surface area contributed by atoms with Crippen molar-refractivity contribution >= 4 is 28.8 Å². The Hall–Kier alpha value is -3.32. The van der Waals surface area contributed by atoms with Crippen molar-refractivity contribution in [2.75, 3.05) is 18.5 Å². The minimum Gasteiger partial charge on any atom is -0.492 e. The predicted molar refractivity (Wildman–Crippen MR) is 116 cm³/mol. The SMILES string of the molecule is C[C@H]1Oc2ccc(NC(=O)c3cccs3)cc2CN(CCOc2ccccc2)C1=O. The van der Waals surface area contributed by atoms with Crippen molar-refractivity contribution in [2.24, 2.45) is 0 Å². The van der Waals surface area contributed by atoms with Crippen LogP contribution in [0.25, 0.3) is 0 Å². The first-order chi connectivity index (χ1) is 14.6. The van der Waals surface area contributed by atoms with Crippen LogP contribution in [0.3, 0.4) is 0 Å². The number of hydrogen-bond acceptors (Lipinski definition) is 5. The molecule has 2 amide bonds. The van der Waals surface area contributed by atoms with Gasteiger partial charge in [0.15, 0.2) is 6.10 Å². The summed E-state index contributed by atoms with van der Waals surface area (Å²) in [6, 6.07) is 18.6. The van der Waals surface area contributed by atoms with Crippen molar-refractivity contribution in [3.8, 4) is 11.5 Å². The lowest BCUT2D eigenvalue weighted by molar-refractivity contribution is -0.138. The lowest BCUT2D eigenvalue weighted by Gasteiger charge is -2.22. The van der Waals surface area contributed by atoms with Crippen molar-refractivity contribution in [3.63, 3.8) is 0 Å². The van der Waals surface area contributed by atoms with Crippen LogP contribution in [0.5, 0.6) is 11.5 Å². The number of carbonyl (C=O) groups excluding carboxylic acids is 2. The molecule has 30 heavy (non-hydrogen) atoms. The molecule has 0 unspecified atom stereocenters. The molecule has 7 heteroatoms. The van der Waals surface area contributed by atoms with Crippen LogP contribution in [-0.4, -0.2) is 36.0 Å². The normalized spacial score (nSPS) is 15.7. The number of thiophene rings is 1. The van der Waals surface area contributed by atoms with Gasteiger partial charge in [-0.2, -0.15) is 0 Å². The Bertz CT molecular complexity index is 1020. The van der Waals surface area contributed by atoms with E-state index in [1.165, 1.54) is 11.3 Å². The van der Waals surface area contributed by atoms with Crippen LogP contribution in [0.15, 0.2) is 66.0 Å². The van der Waals surface area contributed by atoms with Crippen molar-refractivity contribution in [3.05, 3.63) is 76.5 Å². The van der Waals surface area contributed by atoms with Gasteiger partial charge in [0, 0.05) is 17.8 Å². The molecule has 0 bridgehead atoms. The number of nitrogens with one attached hydrogen (secondary N) is 1. The Labute approximate surface area is 179 Å². The second-order valence-corrected chi connectivity index (χ2v) is 7.88. The van der Waals surface area contributed by atoms with Crippen molar-refractivity contribution in [2.45, 2.75) is 19.6 Å². The van der Waals surface area contributed by atoms with E-state index >= 15 is 0 Å². The summed E-state index contributed by atoms with van der Waals surface area (Å²) in [5.41, 5.74) is 1.51. The highest BCUT2D eigenvalue weighted by Crippen LogP contribution is 2.29. The largest absolute Gasteiger partial charge is 0.492 e. The second kappa shape index (κ2) is 9.00. The monoisotopic (exact) mass is 422 g/mol. The van der Waals surface area contributed by atoms with Crippen LogP contribution >= 0.6 is 11.3 Å². The standard InChI is InChI=1S/C23H22N2O4S/c1-16-23(27)25(11-12-28-19-6-3-2-4-7-19)15-17-14-18(9-10-20(17)29-16)24-22(26)21-8-5-13-30-21/h2-10,13-14,16H,11-12,15H2,1H3,(H,24,26)/t16-/m1/s1. The van der Waals surface area contributed by atoms with Crippen molar-refractivity contribution in [1.29, 1.82) is 0 Å². The number of ether oxygens (including phenoxy) is 2. The summed E-state index contributed by atoms with van der Waals surface area (Å²) in [6.07, 6.45) is -0.588. The molecule has 0 fully saturated rings. The summed E-state index contributed by atoms with van der Waals surface area (Å²) in [6.45, 7) is 2.95. The zero-order valence-electron chi connectivity index (χ0n) is 16.5. The summed E-state index contributed by atoms with van der Waals surface area (Å²) in [7, 11) is 0. The smallest absolute Gasteiger partial charge is 0.265 e. The van der Waals surface area contributed by atoms with Gasteiger partial charge in [0.05, 0.1) is 11.4 Å². The fourth-order valence-electron chi connectivity index (χ4n) is 3.26. The quantitative estimate of drug-likeness (QED) is 0.647. The van der Waals surface area contributed by atoms with Crippen molar-refractivity contribution in [1.82, 2.24) is 4.90 Å². The molecular weight excluding hydrogens is 400 g/mol. The number of rotatable bonds is 6. The van der Waals surface area contributed by atoms with Crippen LogP contribution in [0.1, 0.15) is 22.2 Å². The number of para-hydroxylation sites is 1. The highest BCUT2D eigenvalue weighted by molar-refractivity contribution is 7.12. The number of anilines is 1. The fourth-order valence-corrected chi connectivity index (χ4v) is 3.88. The maximum atomic E-state index is 12.8. The molecule has 0 saturated carbocycles. The first kappa shape index (κ1) is 20.0. The Morgan fingerprint density at radius 1 is 1.20 bits per heavy atom. The van der Waals surface area contributed by atoms with E-state index in [0.29, 0.717) is 36.0 Å². The van der Waals surface area contributed by atoms with E-state index in [2.05, 4.69) is 5.32 Å². The first-order valence-corrected chi connectivity index (χ1v) is 10.6. The second-order valence-electron chi connectivity index (χ2n) is 6.94. The summed E-state index contributed by atoms with van der Waals surface area (Å²) in [5.74, 6) is 1.17. The van der Waals surface area contributed by atoms with E-state index in [9.17, 15) is 9.59 Å². The van der Waals surface area contributed by atoms with Crippen LogP contribution in [0.2, 0.25) is 0 Å². The molecule has 154 valence electrons. The van der Waals surface area contributed by atoms with E-state index < -0.39 is 6.10 Å². The number of nitrogens with zero attached hydrogens (tertiary/aromatic N) is 1. The molecule has 0 spiro atoms. The maximum absolute atomic E-state index is 12.8. The molecule has 1 N–H and O–H groups in total. The molecule has 0 radical (unpaired) electrons. The topological polar surface area (TPSA) is 67.9 Å². The third-order valence-electron chi connectivity index (χ3n) is 4.76. The third kappa shape index (κ3) is 4.63. The van der Waals surface area contributed by atoms with Crippen LogP contribution in [-0.2, 0) is 11.3 Å². The molecule has 2 heterocycles. The molecule has 0 aliphatic carbocycles. The van der Waals surface area contributed by atoms with Gasteiger partial charge >= 0.3 is 0 Å². The number of benzene rings is 2.